The number of rotatable bonds is 4. The number of amides is 2. The first-order chi connectivity index (χ1) is 11.1. The molecular weight excluding hydrogens is 295 g/mol. The third-order valence-electron chi connectivity index (χ3n) is 3.83. The van der Waals surface area contributed by atoms with Crippen LogP contribution < -0.4 is 10.2 Å². The molecule has 118 valence electrons. The Labute approximate surface area is 133 Å². The SMILES string of the molecule is O=C(Cc1ccc(N2CCCC2=O)cc1)Nc1ccccc1F. The van der Waals surface area contributed by atoms with Gasteiger partial charge in [0, 0.05) is 18.7 Å². The lowest BCUT2D eigenvalue weighted by Crippen LogP contribution is -2.23. The van der Waals surface area contributed by atoms with Crippen molar-refractivity contribution in [2.45, 2.75) is 19.3 Å². The monoisotopic (exact) mass is 312 g/mol. The van der Waals surface area contributed by atoms with Crippen molar-refractivity contribution >= 4 is 23.2 Å². The zero-order valence-corrected chi connectivity index (χ0v) is 12.6. The number of benzene rings is 2. The van der Waals surface area contributed by atoms with E-state index in [0.29, 0.717) is 6.42 Å². The smallest absolute Gasteiger partial charge is 0.228 e. The molecule has 0 bridgehead atoms. The molecule has 0 saturated carbocycles. The predicted octanol–water partition coefficient (Wildman–Crippen LogP) is 3.13. The molecule has 0 atom stereocenters. The van der Waals surface area contributed by atoms with Gasteiger partial charge in [-0.05, 0) is 36.2 Å². The molecule has 1 heterocycles. The number of hydrogen-bond acceptors (Lipinski definition) is 2. The van der Waals surface area contributed by atoms with Gasteiger partial charge in [-0.2, -0.15) is 0 Å². The highest BCUT2D eigenvalue weighted by molar-refractivity contribution is 5.95. The van der Waals surface area contributed by atoms with E-state index >= 15 is 0 Å². The van der Waals surface area contributed by atoms with Crippen molar-refractivity contribution in [3.8, 4) is 0 Å². The van der Waals surface area contributed by atoms with Gasteiger partial charge in [-0.3, -0.25) is 9.59 Å². The topological polar surface area (TPSA) is 49.4 Å². The van der Waals surface area contributed by atoms with Gasteiger partial charge >= 0.3 is 0 Å². The van der Waals surface area contributed by atoms with E-state index in [4.69, 9.17) is 0 Å². The van der Waals surface area contributed by atoms with Crippen LogP contribution in [0.4, 0.5) is 15.8 Å². The lowest BCUT2D eigenvalue weighted by atomic mass is 10.1. The molecule has 1 aliphatic heterocycles. The average molecular weight is 312 g/mol. The van der Waals surface area contributed by atoms with Crippen molar-refractivity contribution in [3.63, 3.8) is 0 Å². The molecule has 4 nitrogen and oxygen atoms in total. The third kappa shape index (κ3) is 3.56. The van der Waals surface area contributed by atoms with Crippen LogP contribution in [0.1, 0.15) is 18.4 Å². The number of carbonyl (C=O) groups excluding carboxylic acids is 2. The molecule has 5 heteroatoms. The van der Waals surface area contributed by atoms with Crippen molar-refractivity contribution < 1.29 is 14.0 Å². The summed E-state index contributed by atoms with van der Waals surface area (Å²) in [6.07, 6.45) is 1.63. The summed E-state index contributed by atoms with van der Waals surface area (Å²) in [5.74, 6) is -0.598. The van der Waals surface area contributed by atoms with Gasteiger partial charge in [0.05, 0.1) is 12.1 Å². The summed E-state index contributed by atoms with van der Waals surface area (Å²) in [5.41, 5.74) is 1.84. The lowest BCUT2D eigenvalue weighted by Gasteiger charge is -2.15. The molecule has 2 aromatic rings. The van der Waals surface area contributed by atoms with Crippen LogP contribution in [0.15, 0.2) is 48.5 Å². The van der Waals surface area contributed by atoms with Gasteiger partial charge in [-0.15, -0.1) is 0 Å². The number of halogens is 1. The zero-order chi connectivity index (χ0) is 16.2. The maximum atomic E-state index is 13.5. The molecule has 2 aromatic carbocycles. The Morgan fingerprint density at radius 3 is 2.52 bits per heavy atom. The van der Waals surface area contributed by atoms with E-state index < -0.39 is 5.82 Å². The van der Waals surface area contributed by atoms with Gasteiger partial charge in [-0.25, -0.2) is 4.39 Å². The zero-order valence-electron chi connectivity index (χ0n) is 12.6. The van der Waals surface area contributed by atoms with Crippen LogP contribution in [0, 0.1) is 5.82 Å². The Morgan fingerprint density at radius 2 is 1.87 bits per heavy atom. The van der Waals surface area contributed by atoms with E-state index in [2.05, 4.69) is 5.32 Å². The number of anilines is 2. The number of hydrogen-bond donors (Lipinski definition) is 1. The summed E-state index contributed by atoms with van der Waals surface area (Å²) in [6, 6.07) is 13.4. The second-order valence-electron chi connectivity index (χ2n) is 5.52. The highest BCUT2D eigenvalue weighted by Crippen LogP contribution is 2.22. The highest BCUT2D eigenvalue weighted by atomic mass is 19.1. The fraction of sp³-hybridized carbons (Fsp3) is 0.222. The molecule has 0 spiro atoms. The first-order valence-electron chi connectivity index (χ1n) is 7.57. The van der Waals surface area contributed by atoms with Gasteiger partial charge < -0.3 is 10.2 Å². The maximum Gasteiger partial charge on any atom is 0.228 e. The highest BCUT2D eigenvalue weighted by Gasteiger charge is 2.21. The second-order valence-corrected chi connectivity index (χ2v) is 5.52. The van der Waals surface area contributed by atoms with E-state index in [1.807, 2.05) is 24.3 Å². The molecule has 0 aliphatic carbocycles. The molecule has 0 unspecified atom stereocenters. The van der Waals surface area contributed by atoms with E-state index in [9.17, 15) is 14.0 Å². The van der Waals surface area contributed by atoms with E-state index in [0.717, 1.165) is 24.2 Å². The Hall–Kier alpha value is -2.69. The van der Waals surface area contributed by atoms with Crippen molar-refractivity contribution in [1.82, 2.24) is 0 Å². The molecular formula is C18H17FN2O2. The van der Waals surface area contributed by atoms with E-state index in [-0.39, 0.29) is 23.9 Å². The fourth-order valence-electron chi connectivity index (χ4n) is 2.66. The maximum absolute atomic E-state index is 13.5. The van der Waals surface area contributed by atoms with Gasteiger partial charge in [0.25, 0.3) is 0 Å². The Kier molecular flexibility index (Phi) is 4.37. The molecule has 1 N–H and O–H groups in total. The van der Waals surface area contributed by atoms with Crippen LogP contribution in [0.2, 0.25) is 0 Å². The fourth-order valence-corrected chi connectivity index (χ4v) is 2.66. The van der Waals surface area contributed by atoms with Crippen LogP contribution in [0.3, 0.4) is 0 Å². The molecule has 2 amide bonds. The van der Waals surface area contributed by atoms with Gasteiger partial charge in [-0.1, -0.05) is 24.3 Å². The Bertz CT molecular complexity index is 728. The average Bonchev–Trinajstić information content (AvgIpc) is 2.96. The molecule has 1 fully saturated rings. The minimum absolute atomic E-state index is 0.134. The van der Waals surface area contributed by atoms with Crippen LogP contribution in [0.5, 0.6) is 0 Å². The van der Waals surface area contributed by atoms with Crippen LogP contribution in [0.25, 0.3) is 0 Å². The summed E-state index contributed by atoms with van der Waals surface area (Å²) in [4.78, 5) is 25.4. The van der Waals surface area contributed by atoms with Gasteiger partial charge in [0.15, 0.2) is 0 Å². The number of para-hydroxylation sites is 1. The second kappa shape index (κ2) is 6.60. The van der Waals surface area contributed by atoms with E-state index in [1.54, 1.807) is 17.0 Å². The Morgan fingerprint density at radius 1 is 1.13 bits per heavy atom. The number of nitrogens with one attached hydrogen (secondary N) is 1. The van der Waals surface area contributed by atoms with Crippen LogP contribution in [-0.2, 0) is 16.0 Å². The van der Waals surface area contributed by atoms with Crippen LogP contribution in [-0.4, -0.2) is 18.4 Å². The minimum atomic E-state index is -0.455. The standard InChI is InChI=1S/C18H17FN2O2/c19-15-4-1-2-5-16(15)20-17(22)12-13-7-9-14(10-8-13)21-11-3-6-18(21)23/h1-2,4-5,7-10H,3,6,11-12H2,(H,20,22). The first kappa shape index (κ1) is 15.2. The molecule has 0 radical (unpaired) electrons. The molecule has 1 saturated heterocycles. The van der Waals surface area contributed by atoms with Crippen molar-refractivity contribution in [2.24, 2.45) is 0 Å². The Balaban J connectivity index is 1.63. The van der Waals surface area contributed by atoms with Crippen molar-refractivity contribution in [2.75, 3.05) is 16.8 Å². The van der Waals surface area contributed by atoms with E-state index in [1.165, 1.54) is 12.1 Å². The lowest BCUT2D eigenvalue weighted by molar-refractivity contribution is -0.117. The van der Waals surface area contributed by atoms with Gasteiger partial charge in [0.1, 0.15) is 5.82 Å². The predicted molar refractivity (Wildman–Crippen MR) is 86.8 cm³/mol. The molecule has 23 heavy (non-hydrogen) atoms. The summed E-state index contributed by atoms with van der Waals surface area (Å²) in [6.45, 7) is 0.742. The van der Waals surface area contributed by atoms with Crippen LogP contribution >= 0.6 is 0 Å². The normalized spacial score (nSPS) is 14.1. The van der Waals surface area contributed by atoms with Crippen molar-refractivity contribution in [1.29, 1.82) is 0 Å². The molecule has 0 aromatic heterocycles. The van der Waals surface area contributed by atoms with Gasteiger partial charge in [0.2, 0.25) is 11.8 Å². The summed E-state index contributed by atoms with van der Waals surface area (Å²) in [5, 5.41) is 2.56. The third-order valence-corrected chi connectivity index (χ3v) is 3.83. The summed E-state index contributed by atoms with van der Waals surface area (Å²) < 4.78 is 13.5. The van der Waals surface area contributed by atoms with Crippen molar-refractivity contribution in [3.05, 3.63) is 59.9 Å². The quantitative estimate of drug-likeness (QED) is 0.943. The molecule has 1 aliphatic rings. The summed E-state index contributed by atoms with van der Waals surface area (Å²) >= 11 is 0. The number of nitrogens with zero attached hydrogens (tertiary/aromatic N) is 1. The number of carbonyl (C=O) groups is 2. The molecule has 3 rings (SSSR count). The summed E-state index contributed by atoms with van der Waals surface area (Å²) in [7, 11) is 0. The minimum Gasteiger partial charge on any atom is -0.323 e. The first-order valence-corrected chi connectivity index (χ1v) is 7.57. The largest absolute Gasteiger partial charge is 0.323 e.